The molecule has 0 N–H and O–H groups in total. The van der Waals surface area contributed by atoms with Gasteiger partial charge in [-0.15, -0.1) is 0 Å². The summed E-state index contributed by atoms with van der Waals surface area (Å²) in [4.78, 5) is 37.8. The van der Waals surface area contributed by atoms with Gasteiger partial charge in [0.25, 0.3) is 0 Å². The number of esters is 3. The molecular formula is C49H94O6. The topological polar surface area (TPSA) is 78.9 Å². The van der Waals surface area contributed by atoms with Crippen molar-refractivity contribution in [1.29, 1.82) is 0 Å². The van der Waals surface area contributed by atoms with Crippen LogP contribution in [0.3, 0.4) is 0 Å². The minimum Gasteiger partial charge on any atom is -0.462 e. The van der Waals surface area contributed by atoms with Crippen LogP contribution in [0.1, 0.15) is 260 Å². The standard InChI is InChI=1S/C49H94O6/c1-7-44(5)36-30-24-18-15-16-19-26-32-38-47(50)53-41-46(42-54-48(51)39-33-27-22-21-25-31-37-45(6)8-2)55-49(52)40-34-28-20-14-12-10-9-11-13-17-23-29-35-43(3)4/h43-46H,7-42H2,1-6H3/t44?,45?,46-/m0/s1. The summed E-state index contributed by atoms with van der Waals surface area (Å²) in [5, 5.41) is 0. The molecule has 0 aliphatic heterocycles. The van der Waals surface area contributed by atoms with Crippen molar-refractivity contribution in [2.45, 2.75) is 266 Å². The molecule has 0 fully saturated rings. The van der Waals surface area contributed by atoms with Crippen LogP contribution in [-0.4, -0.2) is 37.2 Å². The lowest BCUT2D eigenvalue weighted by Crippen LogP contribution is -2.30. The largest absolute Gasteiger partial charge is 0.462 e. The Morgan fingerprint density at radius 3 is 0.945 bits per heavy atom. The molecule has 0 aromatic rings. The lowest BCUT2D eigenvalue weighted by atomic mass is 9.99. The van der Waals surface area contributed by atoms with Gasteiger partial charge in [0.1, 0.15) is 13.2 Å². The van der Waals surface area contributed by atoms with E-state index in [-0.39, 0.29) is 31.1 Å². The lowest BCUT2D eigenvalue weighted by molar-refractivity contribution is -0.167. The van der Waals surface area contributed by atoms with Crippen LogP contribution >= 0.6 is 0 Å². The van der Waals surface area contributed by atoms with Crippen molar-refractivity contribution in [2.75, 3.05) is 13.2 Å². The van der Waals surface area contributed by atoms with Gasteiger partial charge in [-0.1, -0.05) is 221 Å². The van der Waals surface area contributed by atoms with Gasteiger partial charge in [0.05, 0.1) is 0 Å². The van der Waals surface area contributed by atoms with Gasteiger partial charge in [-0.2, -0.15) is 0 Å². The van der Waals surface area contributed by atoms with Gasteiger partial charge in [-0.3, -0.25) is 14.4 Å². The van der Waals surface area contributed by atoms with E-state index in [0.29, 0.717) is 19.3 Å². The molecule has 0 aliphatic carbocycles. The highest BCUT2D eigenvalue weighted by Crippen LogP contribution is 2.18. The maximum atomic E-state index is 12.7. The number of hydrogen-bond acceptors (Lipinski definition) is 6. The van der Waals surface area contributed by atoms with Crippen molar-refractivity contribution in [3.05, 3.63) is 0 Å². The van der Waals surface area contributed by atoms with Crippen molar-refractivity contribution >= 4 is 17.9 Å². The van der Waals surface area contributed by atoms with E-state index in [1.807, 2.05) is 0 Å². The van der Waals surface area contributed by atoms with E-state index < -0.39 is 6.10 Å². The third kappa shape index (κ3) is 40.4. The monoisotopic (exact) mass is 779 g/mol. The van der Waals surface area contributed by atoms with Gasteiger partial charge in [-0.05, 0) is 37.0 Å². The summed E-state index contributed by atoms with van der Waals surface area (Å²) in [5.74, 6) is 1.63. The van der Waals surface area contributed by atoms with Gasteiger partial charge in [0.2, 0.25) is 0 Å². The number of hydrogen-bond donors (Lipinski definition) is 0. The SMILES string of the molecule is CCC(C)CCCCCCCCCCC(=O)OC[C@@H](COC(=O)CCCCCCCCC(C)CC)OC(=O)CCCCCCCCCCCCCCC(C)C. The molecule has 0 bridgehead atoms. The van der Waals surface area contributed by atoms with Gasteiger partial charge < -0.3 is 14.2 Å². The average Bonchev–Trinajstić information content (AvgIpc) is 3.17. The maximum absolute atomic E-state index is 12.7. The highest BCUT2D eigenvalue weighted by molar-refractivity contribution is 5.71. The van der Waals surface area contributed by atoms with E-state index in [2.05, 4.69) is 41.5 Å². The first-order chi connectivity index (χ1) is 26.7. The van der Waals surface area contributed by atoms with Crippen LogP contribution in [0.4, 0.5) is 0 Å². The second kappa shape index (κ2) is 40.6. The first-order valence-corrected chi connectivity index (χ1v) is 24.2. The predicted molar refractivity (Wildman–Crippen MR) is 233 cm³/mol. The Labute approximate surface area is 342 Å². The van der Waals surface area contributed by atoms with E-state index in [1.54, 1.807) is 0 Å². The Kier molecular flexibility index (Phi) is 39.4. The maximum Gasteiger partial charge on any atom is 0.306 e. The van der Waals surface area contributed by atoms with Gasteiger partial charge in [-0.25, -0.2) is 0 Å². The summed E-state index contributed by atoms with van der Waals surface area (Å²) in [7, 11) is 0. The first-order valence-electron chi connectivity index (χ1n) is 24.2. The third-order valence-corrected chi connectivity index (χ3v) is 11.6. The number of carbonyl (C=O) groups is 3. The van der Waals surface area contributed by atoms with Crippen molar-refractivity contribution in [3.8, 4) is 0 Å². The Morgan fingerprint density at radius 2 is 0.636 bits per heavy atom. The smallest absolute Gasteiger partial charge is 0.306 e. The number of unbranched alkanes of at least 4 members (excludes halogenated alkanes) is 23. The summed E-state index contributed by atoms with van der Waals surface area (Å²) < 4.78 is 16.7. The van der Waals surface area contributed by atoms with Crippen LogP contribution < -0.4 is 0 Å². The molecule has 0 heterocycles. The molecule has 3 atom stereocenters. The molecule has 326 valence electrons. The Balaban J connectivity index is 4.34. The van der Waals surface area contributed by atoms with Gasteiger partial charge in [0, 0.05) is 19.3 Å². The Hall–Kier alpha value is -1.59. The van der Waals surface area contributed by atoms with E-state index in [0.717, 1.165) is 75.5 Å². The molecule has 55 heavy (non-hydrogen) atoms. The van der Waals surface area contributed by atoms with Gasteiger partial charge in [0.15, 0.2) is 6.10 Å². The summed E-state index contributed by atoms with van der Waals surface area (Å²) in [5.41, 5.74) is 0. The molecule has 0 amide bonds. The molecule has 0 saturated heterocycles. The summed E-state index contributed by atoms with van der Waals surface area (Å²) in [6, 6.07) is 0. The molecule has 0 aliphatic rings. The highest BCUT2D eigenvalue weighted by atomic mass is 16.6. The molecule has 0 saturated carbocycles. The zero-order valence-corrected chi connectivity index (χ0v) is 37.7. The molecule has 0 aromatic carbocycles. The fourth-order valence-electron chi connectivity index (χ4n) is 7.17. The normalized spacial score (nSPS) is 13.1. The van der Waals surface area contributed by atoms with E-state index in [1.165, 1.54) is 141 Å². The lowest BCUT2D eigenvalue weighted by Gasteiger charge is -2.18. The second-order valence-electron chi connectivity index (χ2n) is 17.7. The summed E-state index contributed by atoms with van der Waals surface area (Å²) in [6.07, 6.45) is 38.0. The minimum absolute atomic E-state index is 0.0664. The number of carbonyl (C=O) groups excluding carboxylic acids is 3. The van der Waals surface area contributed by atoms with Crippen molar-refractivity contribution in [3.63, 3.8) is 0 Å². The average molecular weight is 779 g/mol. The molecular weight excluding hydrogens is 685 g/mol. The molecule has 0 radical (unpaired) electrons. The fraction of sp³-hybridized carbons (Fsp3) is 0.939. The van der Waals surface area contributed by atoms with Crippen molar-refractivity contribution in [1.82, 2.24) is 0 Å². The van der Waals surface area contributed by atoms with Crippen LogP contribution in [0.5, 0.6) is 0 Å². The van der Waals surface area contributed by atoms with Crippen LogP contribution in [0.2, 0.25) is 0 Å². The Bertz CT molecular complexity index is 856. The molecule has 6 nitrogen and oxygen atoms in total. The minimum atomic E-state index is -0.763. The van der Waals surface area contributed by atoms with E-state index in [9.17, 15) is 14.4 Å². The highest BCUT2D eigenvalue weighted by Gasteiger charge is 2.19. The van der Waals surface area contributed by atoms with Crippen LogP contribution in [0.15, 0.2) is 0 Å². The molecule has 0 spiro atoms. The van der Waals surface area contributed by atoms with Crippen molar-refractivity contribution in [2.24, 2.45) is 17.8 Å². The third-order valence-electron chi connectivity index (χ3n) is 11.6. The molecule has 0 aromatic heterocycles. The predicted octanol–water partition coefficient (Wildman–Crippen LogP) is 15.2. The van der Waals surface area contributed by atoms with Gasteiger partial charge >= 0.3 is 17.9 Å². The van der Waals surface area contributed by atoms with Crippen LogP contribution in [0.25, 0.3) is 0 Å². The quantitative estimate of drug-likeness (QED) is 0.0349. The number of rotatable bonds is 42. The second-order valence-corrected chi connectivity index (χ2v) is 17.7. The van der Waals surface area contributed by atoms with E-state index >= 15 is 0 Å². The van der Waals surface area contributed by atoms with E-state index in [4.69, 9.17) is 14.2 Å². The zero-order chi connectivity index (χ0) is 40.6. The fourth-order valence-corrected chi connectivity index (χ4v) is 7.17. The molecule has 6 heteroatoms. The number of ether oxygens (including phenoxy) is 3. The molecule has 2 unspecified atom stereocenters. The summed E-state index contributed by atoms with van der Waals surface area (Å²) in [6.45, 7) is 13.7. The first kappa shape index (κ1) is 53.4. The Morgan fingerprint density at radius 1 is 0.364 bits per heavy atom. The van der Waals surface area contributed by atoms with Crippen LogP contribution in [-0.2, 0) is 28.6 Å². The zero-order valence-electron chi connectivity index (χ0n) is 37.7. The van der Waals surface area contributed by atoms with Crippen LogP contribution in [0, 0.1) is 17.8 Å². The van der Waals surface area contributed by atoms with Crippen molar-refractivity contribution < 1.29 is 28.6 Å². The molecule has 0 rings (SSSR count). The summed E-state index contributed by atoms with van der Waals surface area (Å²) >= 11 is 0.